The maximum atomic E-state index is 11.7. The molecule has 1 fully saturated rings. The quantitative estimate of drug-likeness (QED) is 0.913. The van der Waals surface area contributed by atoms with E-state index >= 15 is 0 Å². The standard InChI is InChI=1S/C16H24N2O2/c1-4-13-5-7-14(8-6-13)15(16(19)20)18-10-9-17(3)11-12(18)2/h5-8,12,15H,4,9-11H2,1-3H3,(H,19,20). The number of carbonyl (C=O) groups is 1. The fourth-order valence-corrected chi connectivity index (χ4v) is 2.95. The van der Waals surface area contributed by atoms with E-state index < -0.39 is 12.0 Å². The van der Waals surface area contributed by atoms with Gasteiger partial charge in [-0.1, -0.05) is 31.2 Å². The van der Waals surface area contributed by atoms with Crippen LogP contribution in [-0.2, 0) is 11.2 Å². The summed E-state index contributed by atoms with van der Waals surface area (Å²) < 4.78 is 0. The molecule has 1 aromatic carbocycles. The van der Waals surface area contributed by atoms with Gasteiger partial charge in [-0.2, -0.15) is 0 Å². The van der Waals surface area contributed by atoms with Crippen LogP contribution in [0.4, 0.5) is 0 Å². The summed E-state index contributed by atoms with van der Waals surface area (Å²) in [6.45, 7) is 6.83. The smallest absolute Gasteiger partial charge is 0.325 e. The Morgan fingerprint density at radius 3 is 2.50 bits per heavy atom. The average molecular weight is 276 g/mol. The van der Waals surface area contributed by atoms with Crippen molar-refractivity contribution in [2.24, 2.45) is 0 Å². The molecule has 4 nitrogen and oxygen atoms in total. The number of carboxylic acids is 1. The van der Waals surface area contributed by atoms with E-state index in [1.807, 2.05) is 24.3 Å². The highest BCUT2D eigenvalue weighted by atomic mass is 16.4. The molecule has 1 aromatic rings. The van der Waals surface area contributed by atoms with Crippen LogP contribution in [0.15, 0.2) is 24.3 Å². The number of aliphatic carboxylic acids is 1. The predicted octanol–water partition coefficient (Wildman–Crippen LogP) is 2.01. The first kappa shape index (κ1) is 15.0. The van der Waals surface area contributed by atoms with Crippen molar-refractivity contribution in [3.63, 3.8) is 0 Å². The van der Waals surface area contributed by atoms with Gasteiger partial charge in [-0.05, 0) is 31.5 Å². The minimum absolute atomic E-state index is 0.251. The number of benzene rings is 1. The van der Waals surface area contributed by atoms with E-state index in [-0.39, 0.29) is 6.04 Å². The largest absolute Gasteiger partial charge is 0.480 e. The Hall–Kier alpha value is -1.39. The number of carboxylic acid groups (broad SMARTS) is 1. The van der Waals surface area contributed by atoms with Crippen LogP contribution in [0.3, 0.4) is 0 Å². The molecule has 20 heavy (non-hydrogen) atoms. The van der Waals surface area contributed by atoms with Crippen LogP contribution < -0.4 is 0 Å². The normalized spacial score (nSPS) is 22.6. The summed E-state index contributed by atoms with van der Waals surface area (Å²) >= 11 is 0. The summed E-state index contributed by atoms with van der Waals surface area (Å²) in [6, 6.07) is 7.70. The van der Waals surface area contributed by atoms with E-state index in [1.54, 1.807) is 0 Å². The monoisotopic (exact) mass is 276 g/mol. The molecule has 0 bridgehead atoms. The second kappa shape index (κ2) is 6.37. The predicted molar refractivity (Wildman–Crippen MR) is 79.9 cm³/mol. The molecule has 0 aromatic heterocycles. The van der Waals surface area contributed by atoms with Gasteiger partial charge in [-0.25, -0.2) is 0 Å². The van der Waals surface area contributed by atoms with E-state index in [0.717, 1.165) is 31.6 Å². The number of piperazine rings is 1. The third-order valence-electron chi connectivity index (χ3n) is 4.15. The molecule has 1 saturated heterocycles. The van der Waals surface area contributed by atoms with Gasteiger partial charge in [0.15, 0.2) is 0 Å². The molecule has 1 N–H and O–H groups in total. The molecule has 0 radical (unpaired) electrons. The van der Waals surface area contributed by atoms with E-state index in [2.05, 4.69) is 30.7 Å². The van der Waals surface area contributed by atoms with E-state index in [9.17, 15) is 9.90 Å². The average Bonchev–Trinajstić information content (AvgIpc) is 2.42. The van der Waals surface area contributed by atoms with Gasteiger partial charge in [0.25, 0.3) is 0 Å². The number of hydrogen-bond donors (Lipinski definition) is 1. The Bertz CT molecular complexity index is 458. The highest BCUT2D eigenvalue weighted by Crippen LogP contribution is 2.26. The molecule has 110 valence electrons. The SMILES string of the molecule is CCc1ccc(C(C(=O)O)N2CCN(C)CC2C)cc1. The zero-order chi connectivity index (χ0) is 14.7. The van der Waals surface area contributed by atoms with Gasteiger partial charge in [0.1, 0.15) is 6.04 Å². The Morgan fingerprint density at radius 2 is 2.00 bits per heavy atom. The molecule has 2 unspecified atom stereocenters. The highest BCUT2D eigenvalue weighted by Gasteiger charge is 2.33. The molecule has 1 aliphatic rings. The van der Waals surface area contributed by atoms with Crippen LogP contribution >= 0.6 is 0 Å². The topological polar surface area (TPSA) is 43.8 Å². The molecule has 4 heteroatoms. The molecule has 2 rings (SSSR count). The van der Waals surface area contributed by atoms with Gasteiger partial charge in [0.05, 0.1) is 0 Å². The molecule has 1 heterocycles. The van der Waals surface area contributed by atoms with Gasteiger partial charge in [0, 0.05) is 25.7 Å². The van der Waals surface area contributed by atoms with E-state index in [0.29, 0.717) is 0 Å². The zero-order valence-corrected chi connectivity index (χ0v) is 12.5. The lowest BCUT2D eigenvalue weighted by atomic mass is 10.00. The van der Waals surface area contributed by atoms with Crippen molar-refractivity contribution >= 4 is 5.97 Å². The van der Waals surface area contributed by atoms with Gasteiger partial charge in [-0.15, -0.1) is 0 Å². The van der Waals surface area contributed by atoms with E-state index in [4.69, 9.17) is 0 Å². The van der Waals surface area contributed by atoms with Crippen molar-refractivity contribution in [2.75, 3.05) is 26.7 Å². The summed E-state index contributed by atoms with van der Waals surface area (Å²) in [6.07, 6.45) is 0.975. The number of hydrogen-bond acceptors (Lipinski definition) is 3. The first-order valence-electron chi connectivity index (χ1n) is 7.29. The number of nitrogens with zero attached hydrogens (tertiary/aromatic N) is 2. The minimum atomic E-state index is -0.759. The van der Waals surface area contributed by atoms with Gasteiger partial charge in [-0.3, -0.25) is 9.69 Å². The van der Waals surface area contributed by atoms with Crippen molar-refractivity contribution in [2.45, 2.75) is 32.4 Å². The molecular formula is C16H24N2O2. The molecule has 0 spiro atoms. The third kappa shape index (κ3) is 3.19. The number of likely N-dealkylation sites (N-methyl/N-ethyl adjacent to an activating group) is 1. The summed E-state index contributed by atoms with van der Waals surface area (Å²) in [5.74, 6) is -0.759. The van der Waals surface area contributed by atoms with Crippen molar-refractivity contribution in [1.29, 1.82) is 0 Å². The molecule has 0 amide bonds. The fourth-order valence-electron chi connectivity index (χ4n) is 2.95. The van der Waals surface area contributed by atoms with Crippen LogP contribution in [0.5, 0.6) is 0 Å². The van der Waals surface area contributed by atoms with Crippen LogP contribution in [0.2, 0.25) is 0 Å². The second-order valence-electron chi connectivity index (χ2n) is 5.69. The van der Waals surface area contributed by atoms with Crippen LogP contribution in [-0.4, -0.2) is 53.6 Å². The maximum absolute atomic E-state index is 11.7. The van der Waals surface area contributed by atoms with E-state index in [1.165, 1.54) is 5.56 Å². The Labute approximate surface area is 121 Å². The first-order valence-corrected chi connectivity index (χ1v) is 7.29. The zero-order valence-electron chi connectivity index (χ0n) is 12.5. The summed E-state index contributed by atoms with van der Waals surface area (Å²) in [5.41, 5.74) is 2.12. The van der Waals surface area contributed by atoms with Crippen LogP contribution in [0, 0.1) is 0 Å². The molecule has 1 aliphatic heterocycles. The molecule has 0 saturated carbocycles. The van der Waals surface area contributed by atoms with Crippen molar-refractivity contribution in [3.05, 3.63) is 35.4 Å². The van der Waals surface area contributed by atoms with Crippen molar-refractivity contribution in [1.82, 2.24) is 9.80 Å². The van der Waals surface area contributed by atoms with Gasteiger partial charge < -0.3 is 10.0 Å². The Balaban J connectivity index is 2.24. The third-order valence-corrected chi connectivity index (χ3v) is 4.15. The van der Waals surface area contributed by atoms with Crippen molar-refractivity contribution < 1.29 is 9.90 Å². The highest BCUT2D eigenvalue weighted by molar-refractivity contribution is 5.75. The lowest BCUT2D eigenvalue weighted by Gasteiger charge is -2.41. The second-order valence-corrected chi connectivity index (χ2v) is 5.69. The van der Waals surface area contributed by atoms with Gasteiger partial charge >= 0.3 is 5.97 Å². The Kier molecular flexibility index (Phi) is 4.78. The van der Waals surface area contributed by atoms with Crippen molar-refractivity contribution in [3.8, 4) is 0 Å². The van der Waals surface area contributed by atoms with Gasteiger partial charge in [0.2, 0.25) is 0 Å². The Morgan fingerprint density at radius 1 is 1.35 bits per heavy atom. The number of rotatable bonds is 4. The fraction of sp³-hybridized carbons (Fsp3) is 0.562. The molecular weight excluding hydrogens is 252 g/mol. The van der Waals surface area contributed by atoms with Crippen LogP contribution in [0.25, 0.3) is 0 Å². The molecule has 2 atom stereocenters. The number of aryl methyl sites for hydroxylation is 1. The summed E-state index contributed by atoms with van der Waals surface area (Å²) in [4.78, 5) is 16.1. The summed E-state index contributed by atoms with van der Waals surface area (Å²) in [7, 11) is 2.08. The maximum Gasteiger partial charge on any atom is 0.325 e. The summed E-state index contributed by atoms with van der Waals surface area (Å²) in [5, 5.41) is 9.63. The minimum Gasteiger partial charge on any atom is -0.480 e. The molecule has 0 aliphatic carbocycles. The first-order chi connectivity index (χ1) is 9.52. The lowest BCUT2D eigenvalue weighted by Crippen LogP contribution is -2.53. The lowest BCUT2D eigenvalue weighted by molar-refractivity contribution is -0.145. The van der Waals surface area contributed by atoms with Crippen LogP contribution in [0.1, 0.15) is 31.0 Å².